The van der Waals surface area contributed by atoms with Crippen molar-refractivity contribution < 1.29 is 37.4 Å². The summed E-state index contributed by atoms with van der Waals surface area (Å²) in [4.78, 5) is 37.4. The fourth-order valence-electron chi connectivity index (χ4n) is 3.66. The van der Waals surface area contributed by atoms with E-state index in [1.807, 2.05) is 0 Å². The predicted molar refractivity (Wildman–Crippen MR) is 123 cm³/mol. The van der Waals surface area contributed by atoms with Gasteiger partial charge in [0.15, 0.2) is 0 Å². The number of rotatable bonds is 6. The molecule has 1 heterocycles. The molecule has 0 fully saturated rings. The van der Waals surface area contributed by atoms with Gasteiger partial charge in [-0.3, -0.25) is 14.2 Å². The summed E-state index contributed by atoms with van der Waals surface area (Å²) in [5, 5.41) is 12.4. The average Bonchev–Trinajstić information content (AvgIpc) is 3.01. The van der Waals surface area contributed by atoms with Crippen molar-refractivity contribution in [2.75, 3.05) is 7.11 Å². The fraction of sp³-hybridized carbons (Fsp3) is 0.292. The monoisotopic (exact) mass is 510 g/mol. The second-order valence-corrected chi connectivity index (χ2v) is 8.85. The second kappa shape index (κ2) is 9.26. The highest BCUT2D eigenvalue weighted by atomic mass is 35.5. The number of aromatic nitrogens is 1. The number of methoxy groups -OCH3 is 1. The quantitative estimate of drug-likeness (QED) is 0.494. The zero-order valence-corrected chi connectivity index (χ0v) is 20.0. The van der Waals surface area contributed by atoms with Crippen molar-refractivity contribution in [2.24, 2.45) is 0 Å². The van der Waals surface area contributed by atoms with Gasteiger partial charge in [0.25, 0.3) is 5.91 Å². The fourth-order valence-corrected chi connectivity index (χ4v) is 3.89. The number of hydrogen-bond donors (Lipinski definition) is 2. The topological polar surface area (TPSA) is 97.6 Å². The number of carbonyl (C=O) groups excluding carboxylic acids is 2. The molecule has 1 amide bonds. The maximum Gasteiger partial charge on any atom is 0.416 e. The number of carboxylic acids is 1. The van der Waals surface area contributed by atoms with E-state index in [-0.39, 0.29) is 22.8 Å². The molecule has 0 spiro atoms. The lowest BCUT2D eigenvalue weighted by Crippen LogP contribution is -2.50. The summed E-state index contributed by atoms with van der Waals surface area (Å²) in [7, 11) is 1.39. The number of nitrogens with zero attached hydrogens (tertiary/aromatic N) is 1. The summed E-state index contributed by atoms with van der Waals surface area (Å²) >= 11 is 6.27. The first-order valence-electron chi connectivity index (χ1n) is 10.3. The Labute approximate surface area is 203 Å². The first-order chi connectivity index (χ1) is 16.2. The number of carbonyl (C=O) groups is 3. The third-order valence-electron chi connectivity index (χ3n) is 5.59. The minimum Gasteiger partial charge on any atom is -0.495 e. The van der Waals surface area contributed by atoms with Crippen LogP contribution in [0.25, 0.3) is 10.9 Å². The van der Waals surface area contributed by atoms with Crippen LogP contribution in [-0.4, -0.2) is 40.1 Å². The molecular formula is C24H22ClF3N2O5. The number of aliphatic carboxylic acids is 1. The van der Waals surface area contributed by atoms with Gasteiger partial charge in [-0.15, -0.1) is 0 Å². The summed E-state index contributed by atoms with van der Waals surface area (Å²) in [6.45, 7) is 4.24. The lowest BCUT2D eigenvalue weighted by atomic mass is 10.0. The van der Waals surface area contributed by atoms with Crippen LogP contribution in [0, 0.1) is 6.92 Å². The van der Waals surface area contributed by atoms with Crippen LogP contribution in [-0.2, 0) is 22.2 Å². The Kier molecular flexibility index (Phi) is 6.90. The van der Waals surface area contributed by atoms with Gasteiger partial charge in [0.2, 0.25) is 5.91 Å². The van der Waals surface area contributed by atoms with E-state index < -0.39 is 35.1 Å². The summed E-state index contributed by atoms with van der Waals surface area (Å²) in [6, 6.07) is 6.78. The van der Waals surface area contributed by atoms with Gasteiger partial charge in [0.1, 0.15) is 11.3 Å². The molecule has 0 radical (unpaired) electrons. The lowest BCUT2D eigenvalue weighted by Gasteiger charge is -2.21. The van der Waals surface area contributed by atoms with Crippen molar-refractivity contribution in [1.82, 2.24) is 9.88 Å². The molecule has 2 N–H and O–H groups in total. The van der Waals surface area contributed by atoms with Crippen molar-refractivity contribution in [3.8, 4) is 5.75 Å². The van der Waals surface area contributed by atoms with E-state index in [0.29, 0.717) is 22.2 Å². The number of carboxylic acid groups (broad SMARTS) is 1. The number of amides is 1. The van der Waals surface area contributed by atoms with Crippen LogP contribution in [0.3, 0.4) is 0 Å². The van der Waals surface area contributed by atoms with Gasteiger partial charge in [0.05, 0.1) is 29.6 Å². The second-order valence-electron chi connectivity index (χ2n) is 8.44. The number of fused-ring (bicyclic) bond motifs is 1. The van der Waals surface area contributed by atoms with Gasteiger partial charge in [-0.25, -0.2) is 4.79 Å². The number of ether oxygens (including phenoxy) is 1. The molecule has 0 aliphatic rings. The molecule has 0 unspecified atom stereocenters. The van der Waals surface area contributed by atoms with Crippen molar-refractivity contribution in [3.05, 3.63) is 63.8 Å². The third kappa shape index (κ3) is 5.12. The third-order valence-corrected chi connectivity index (χ3v) is 5.89. The van der Waals surface area contributed by atoms with Crippen LogP contribution in [0.5, 0.6) is 5.75 Å². The van der Waals surface area contributed by atoms with Crippen molar-refractivity contribution in [2.45, 2.75) is 38.9 Å². The molecule has 0 atom stereocenters. The van der Waals surface area contributed by atoms with Crippen LogP contribution in [0.4, 0.5) is 13.2 Å². The minimum absolute atomic E-state index is 0.00653. The van der Waals surface area contributed by atoms with E-state index in [2.05, 4.69) is 5.32 Å². The molecule has 0 aliphatic heterocycles. The zero-order valence-electron chi connectivity index (χ0n) is 19.2. The minimum atomic E-state index is -4.55. The van der Waals surface area contributed by atoms with Gasteiger partial charge in [0, 0.05) is 16.6 Å². The van der Waals surface area contributed by atoms with Crippen LogP contribution in [0.1, 0.15) is 41.0 Å². The maximum atomic E-state index is 13.4. The molecule has 0 aliphatic carbocycles. The van der Waals surface area contributed by atoms with Crippen LogP contribution in [0.15, 0.2) is 36.4 Å². The first-order valence-corrected chi connectivity index (χ1v) is 10.7. The van der Waals surface area contributed by atoms with Gasteiger partial charge in [-0.2, -0.15) is 13.2 Å². The Morgan fingerprint density at radius 1 is 1.11 bits per heavy atom. The molecule has 0 saturated carbocycles. The first kappa shape index (κ1) is 26.1. The summed E-state index contributed by atoms with van der Waals surface area (Å²) in [6.07, 6.45) is -4.82. The number of alkyl halides is 3. The molecule has 3 aromatic rings. The molecule has 3 rings (SSSR count). The highest BCUT2D eigenvalue weighted by Crippen LogP contribution is 2.36. The number of benzene rings is 2. The standard InChI is InChI=1S/C24H22ClF3N2O5/c1-12-15(10-20(31)29-23(2,3)22(33)34)16-9-19(35-4)17(25)11-18(16)30(12)21(32)13-5-7-14(8-6-13)24(26,27)28/h5-9,11H,10H2,1-4H3,(H,29,31)(H,33,34). The van der Waals surface area contributed by atoms with Crippen LogP contribution < -0.4 is 10.1 Å². The maximum absolute atomic E-state index is 13.4. The number of nitrogens with one attached hydrogen (secondary N) is 1. The van der Waals surface area contributed by atoms with Crippen molar-refractivity contribution >= 4 is 40.3 Å². The van der Waals surface area contributed by atoms with Crippen molar-refractivity contribution in [1.29, 1.82) is 0 Å². The Morgan fingerprint density at radius 2 is 1.71 bits per heavy atom. The Balaban J connectivity index is 2.13. The SMILES string of the molecule is COc1cc2c(CC(=O)NC(C)(C)C(=O)O)c(C)n(C(=O)c3ccc(C(F)(F)F)cc3)c2cc1Cl. The highest BCUT2D eigenvalue weighted by molar-refractivity contribution is 6.33. The van der Waals surface area contributed by atoms with E-state index in [9.17, 15) is 32.7 Å². The highest BCUT2D eigenvalue weighted by Gasteiger charge is 2.32. The Morgan fingerprint density at radius 3 is 2.23 bits per heavy atom. The molecule has 0 saturated heterocycles. The molecule has 0 bridgehead atoms. The van der Waals surface area contributed by atoms with Crippen molar-refractivity contribution in [3.63, 3.8) is 0 Å². The summed E-state index contributed by atoms with van der Waals surface area (Å²) in [5.74, 6) is -2.17. The van der Waals surface area contributed by atoms with E-state index >= 15 is 0 Å². The summed E-state index contributed by atoms with van der Waals surface area (Å²) < 4.78 is 45.3. The number of halogens is 4. The number of hydrogen-bond acceptors (Lipinski definition) is 4. The molecule has 7 nitrogen and oxygen atoms in total. The zero-order chi connectivity index (χ0) is 26.3. The Bertz CT molecular complexity index is 1330. The van der Waals surface area contributed by atoms with Crippen LogP contribution in [0.2, 0.25) is 5.02 Å². The van der Waals surface area contributed by atoms with Gasteiger partial charge in [-0.1, -0.05) is 11.6 Å². The van der Waals surface area contributed by atoms with E-state index in [0.717, 1.165) is 24.3 Å². The normalized spacial score (nSPS) is 12.0. The largest absolute Gasteiger partial charge is 0.495 e. The van der Waals surface area contributed by atoms with E-state index in [1.54, 1.807) is 13.0 Å². The van der Waals surface area contributed by atoms with Gasteiger partial charge >= 0.3 is 12.1 Å². The molecule has 35 heavy (non-hydrogen) atoms. The molecule has 1 aromatic heterocycles. The van der Waals surface area contributed by atoms with E-state index in [1.165, 1.54) is 31.6 Å². The van der Waals surface area contributed by atoms with Gasteiger partial charge < -0.3 is 15.2 Å². The summed E-state index contributed by atoms with van der Waals surface area (Å²) in [5.41, 5.74) is -1.35. The van der Waals surface area contributed by atoms with Gasteiger partial charge in [-0.05, 0) is 62.7 Å². The smallest absolute Gasteiger partial charge is 0.416 e. The van der Waals surface area contributed by atoms with Crippen LogP contribution >= 0.6 is 11.6 Å². The Hall–Kier alpha value is -3.53. The molecule has 2 aromatic carbocycles. The molecule has 11 heteroatoms. The van der Waals surface area contributed by atoms with E-state index in [4.69, 9.17) is 16.3 Å². The lowest BCUT2D eigenvalue weighted by molar-refractivity contribution is -0.145. The molecular weight excluding hydrogens is 489 g/mol. The average molecular weight is 511 g/mol. The predicted octanol–water partition coefficient (Wildman–Crippen LogP) is 4.84. The molecule has 186 valence electrons.